The first-order valence-corrected chi connectivity index (χ1v) is 8.57. The summed E-state index contributed by atoms with van der Waals surface area (Å²) in [6, 6.07) is 11.8. The van der Waals surface area contributed by atoms with Gasteiger partial charge in [0, 0.05) is 17.5 Å². The van der Waals surface area contributed by atoms with Crippen LogP contribution in [0.2, 0.25) is 0 Å². The monoisotopic (exact) mass is 339 g/mol. The molecule has 2 aromatic rings. The molecule has 1 amide bonds. The zero-order chi connectivity index (χ0) is 18.0. The molecule has 0 saturated heterocycles. The number of hydrogen-bond acceptors (Lipinski definition) is 3. The SMILES string of the molecule is COc1ccc(C2(CNC(=O)c3ccc(C)c(C)c3)CC2)cc1OC. The molecule has 4 nitrogen and oxygen atoms in total. The summed E-state index contributed by atoms with van der Waals surface area (Å²) in [5.74, 6) is 1.43. The van der Waals surface area contributed by atoms with Crippen molar-refractivity contribution in [1.82, 2.24) is 5.32 Å². The Morgan fingerprint density at radius 3 is 2.32 bits per heavy atom. The predicted octanol–water partition coefficient (Wildman–Crippen LogP) is 3.78. The number of nitrogens with one attached hydrogen (secondary N) is 1. The summed E-state index contributed by atoms with van der Waals surface area (Å²) < 4.78 is 10.7. The van der Waals surface area contributed by atoms with E-state index < -0.39 is 0 Å². The number of methoxy groups -OCH3 is 2. The van der Waals surface area contributed by atoms with Gasteiger partial charge < -0.3 is 14.8 Å². The molecule has 0 unspecified atom stereocenters. The van der Waals surface area contributed by atoms with Crippen LogP contribution in [0.3, 0.4) is 0 Å². The lowest BCUT2D eigenvalue weighted by Gasteiger charge is -2.19. The van der Waals surface area contributed by atoms with Gasteiger partial charge in [-0.05, 0) is 67.6 Å². The third-order valence-electron chi connectivity index (χ3n) is 5.21. The van der Waals surface area contributed by atoms with Crippen LogP contribution in [0.5, 0.6) is 11.5 Å². The molecule has 4 heteroatoms. The third kappa shape index (κ3) is 3.48. The van der Waals surface area contributed by atoms with Crippen molar-refractivity contribution in [2.24, 2.45) is 0 Å². The largest absolute Gasteiger partial charge is 0.493 e. The van der Waals surface area contributed by atoms with Crippen molar-refractivity contribution in [1.29, 1.82) is 0 Å². The van der Waals surface area contributed by atoms with Crippen molar-refractivity contribution < 1.29 is 14.3 Å². The quantitative estimate of drug-likeness (QED) is 0.871. The average molecular weight is 339 g/mol. The van der Waals surface area contributed by atoms with Crippen molar-refractivity contribution in [2.45, 2.75) is 32.1 Å². The van der Waals surface area contributed by atoms with Crippen LogP contribution in [0.15, 0.2) is 36.4 Å². The normalized spacial score (nSPS) is 14.7. The Bertz CT molecular complexity index is 794. The minimum absolute atomic E-state index is 0.00888. The smallest absolute Gasteiger partial charge is 0.251 e. The molecule has 0 bridgehead atoms. The van der Waals surface area contributed by atoms with Crippen molar-refractivity contribution in [3.8, 4) is 11.5 Å². The van der Waals surface area contributed by atoms with Gasteiger partial charge >= 0.3 is 0 Å². The fraction of sp³-hybridized carbons (Fsp3) is 0.381. The molecule has 0 spiro atoms. The first-order chi connectivity index (χ1) is 12.0. The second-order valence-electron chi connectivity index (χ2n) is 6.83. The number of rotatable bonds is 6. The van der Waals surface area contributed by atoms with Gasteiger partial charge in [-0.1, -0.05) is 12.1 Å². The molecule has 0 atom stereocenters. The van der Waals surface area contributed by atoms with Crippen LogP contribution in [-0.4, -0.2) is 26.7 Å². The maximum atomic E-state index is 12.5. The minimum Gasteiger partial charge on any atom is -0.493 e. The molecule has 0 heterocycles. The summed E-state index contributed by atoms with van der Waals surface area (Å²) in [7, 11) is 3.27. The number of carbonyl (C=O) groups excluding carboxylic acids is 1. The van der Waals surface area contributed by atoms with Crippen LogP contribution < -0.4 is 14.8 Å². The number of aryl methyl sites for hydroxylation is 2. The van der Waals surface area contributed by atoms with E-state index in [1.165, 1.54) is 11.1 Å². The van der Waals surface area contributed by atoms with Crippen molar-refractivity contribution >= 4 is 5.91 Å². The Labute approximate surface area is 149 Å². The lowest BCUT2D eigenvalue weighted by Crippen LogP contribution is -2.32. The molecule has 132 valence electrons. The highest BCUT2D eigenvalue weighted by molar-refractivity contribution is 5.94. The molecule has 1 aliphatic rings. The van der Waals surface area contributed by atoms with E-state index in [2.05, 4.69) is 11.4 Å². The predicted molar refractivity (Wildman–Crippen MR) is 98.7 cm³/mol. The third-order valence-corrected chi connectivity index (χ3v) is 5.21. The van der Waals surface area contributed by atoms with E-state index in [9.17, 15) is 4.79 Å². The average Bonchev–Trinajstić information content (AvgIpc) is 3.42. The fourth-order valence-corrected chi connectivity index (χ4v) is 3.12. The van der Waals surface area contributed by atoms with Gasteiger partial charge in [0.2, 0.25) is 0 Å². The summed E-state index contributed by atoms with van der Waals surface area (Å²) in [5.41, 5.74) is 4.24. The molecule has 2 aromatic carbocycles. The summed E-state index contributed by atoms with van der Waals surface area (Å²) in [6.07, 6.45) is 2.13. The maximum Gasteiger partial charge on any atom is 0.251 e. The molecule has 1 aliphatic carbocycles. The van der Waals surface area contributed by atoms with E-state index in [1.807, 2.05) is 44.2 Å². The Morgan fingerprint density at radius 1 is 1.00 bits per heavy atom. The Morgan fingerprint density at radius 2 is 1.72 bits per heavy atom. The summed E-state index contributed by atoms with van der Waals surface area (Å²) in [6.45, 7) is 4.71. The standard InChI is InChI=1S/C21H25NO3/c1-14-5-6-16(11-15(14)2)20(23)22-13-21(9-10-21)17-7-8-18(24-3)19(12-17)25-4/h5-8,11-12H,9-10,13H2,1-4H3,(H,22,23). The lowest BCUT2D eigenvalue weighted by molar-refractivity contribution is 0.0949. The number of ether oxygens (including phenoxy) is 2. The first-order valence-electron chi connectivity index (χ1n) is 8.57. The molecule has 1 saturated carbocycles. The molecule has 0 aromatic heterocycles. The van der Waals surface area contributed by atoms with Crippen LogP contribution in [0.4, 0.5) is 0 Å². The maximum absolute atomic E-state index is 12.5. The second-order valence-corrected chi connectivity index (χ2v) is 6.83. The lowest BCUT2D eigenvalue weighted by atomic mass is 9.95. The van der Waals surface area contributed by atoms with Gasteiger partial charge in [0.15, 0.2) is 11.5 Å². The molecule has 0 aliphatic heterocycles. The van der Waals surface area contributed by atoms with Gasteiger partial charge in [0.1, 0.15) is 0 Å². The van der Waals surface area contributed by atoms with Crippen LogP contribution in [0, 0.1) is 13.8 Å². The Balaban J connectivity index is 1.72. The summed E-state index contributed by atoms with van der Waals surface area (Å²) >= 11 is 0. The number of hydrogen-bond donors (Lipinski definition) is 1. The van der Waals surface area contributed by atoms with Gasteiger partial charge in [0.05, 0.1) is 14.2 Å². The fourth-order valence-electron chi connectivity index (χ4n) is 3.12. The Hall–Kier alpha value is -2.49. The van der Waals surface area contributed by atoms with Crippen LogP contribution in [-0.2, 0) is 5.41 Å². The van der Waals surface area contributed by atoms with E-state index >= 15 is 0 Å². The van der Waals surface area contributed by atoms with Crippen molar-refractivity contribution in [2.75, 3.05) is 20.8 Å². The molecule has 1 N–H and O–H groups in total. The van der Waals surface area contributed by atoms with E-state index in [0.29, 0.717) is 12.1 Å². The van der Waals surface area contributed by atoms with E-state index in [-0.39, 0.29) is 11.3 Å². The van der Waals surface area contributed by atoms with Crippen molar-refractivity contribution in [3.05, 3.63) is 58.7 Å². The highest BCUT2D eigenvalue weighted by Gasteiger charge is 2.44. The molecular formula is C21H25NO3. The molecule has 3 rings (SSSR count). The Kier molecular flexibility index (Phi) is 4.71. The van der Waals surface area contributed by atoms with Crippen LogP contribution >= 0.6 is 0 Å². The zero-order valence-corrected chi connectivity index (χ0v) is 15.3. The molecule has 1 fully saturated rings. The van der Waals surface area contributed by atoms with E-state index in [4.69, 9.17) is 9.47 Å². The van der Waals surface area contributed by atoms with Gasteiger partial charge in [-0.3, -0.25) is 4.79 Å². The van der Waals surface area contributed by atoms with Gasteiger partial charge in [-0.15, -0.1) is 0 Å². The highest BCUT2D eigenvalue weighted by Crippen LogP contribution is 2.49. The number of carbonyl (C=O) groups is 1. The van der Waals surface area contributed by atoms with Gasteiger partial charge in [0.25, 0.3) is 5.91 Å². The number of benzene rings is 2. The van der Waals surface area contributed by atoms with Gasteiger partial charge in [-0.25, -0.2) is 0 Å². The first kappa shape index (κ1) is 17.3. The molecule has 25 heavy (non-hydrogen) atoms. The highest BCUT2D eigenvalue weighted by atomic mass is 16.5. The number of amides is 1. The van der Waals surface area contributed by atoms with Gasteiger partial charge in [-0.2, -0.15) is 0 Å². The molecular weight excluding hydrogens is 314 g/mol. The summed E-state index contributed by atoms with van der Waals surface area (Å²) in [4.78, 5) is 12.5. The van der Waals surface area contributed by atoms with Crippen LogP contribution in [0.1, 0.15) is 39.9 Å². The van der Waals surface area contributed by atoms with Crippen LogP contribution in [0.25, 0.3) is 0 Å². The zero-order valence-electron chi connectivity index (χ0n) is 15.3. The van der Waals surface area contributed by atoms with E-state index in [0.717, 1.165) is 29.9 Å². The topological polar surface area (TPSA) is 47.6 Å². The van der Waals surface area contributed by atoms with E-state index in [1.54, 1.807) is 14.2 Å². The summed E-state index contributed by atoms with van der Waals surface area (Å²) in [5, 5.41) is 3.10. The molecule has 0 radical (unpaired) electrons. The minimum atomic E-state index is -0.0187. The van der Waals surface area contributed by atoms with Crippen molar-refractivity contribution in [3.63, 3.8) is 0 Å². The second kappa shape index (κ2) is 6.79.